The number of sulfonamides is 1. The molecule has 0 spiro atoms. The first-order valence-corrected chi connectivity index (χ1v) is 12.7. The molecule has 0 aromatic heterocycles. The summed E-state index contributed by atoms with van der Waals surface area (Å²) in [7, 11) is -3.57. The maximum absolute atomic E-state index is 13.0. The Morgan fingerprint density at radius 3 is 2.24 bits per heavy atom. The van der Waals surface area contributed by atoms with Crippen molar-refractivity contribution in [3.05, 3.63) is 28.8 Å². The zero-order valence-electron chi connectivity index (χ0n) is 16.7. The summed E-state index contributed by atoms with van der Waals surface area (Å²) in [6.45, 7) is 1.76. The quantitative estimate of drug-likeness (QED) is 0.756. The van der Waals surface area contributed by atoms with Gasteiger partial charge in [0.1, 0.15) is 0 Å². The van der Waals surface area contributed by atoms with E-state index in [1.165, 1.54) is 61.0 Å². The number of carbonyl (C=O) groups excluding carboxylic acids is 1. The highest BCUT2D eigenvalue weighted by molar-refractivity contribution is 7.89. The Morgan fingerprint density at radius 1 is 1.07 bits per heavy atom. The molecule has 5 fully saturated rings. The Labute approximate surface area is 178 Å². The number of rotatable bonds is 5. The lowest BCUT2D eigenvalue weighted by molar-refractivity contribution is -0.0503. The van der Waals surface area contributed by atoms with E-state index in [1.807, 2.05) is 0 Å². The van der Waals surface area contributed by atoms with Crippen LogP contribution in [0, 0.1) is 23.2 Å². The van der Waals surface area contributed by atoms with Crippen molar-refractivity contribution < 1.29 is 13.2 Å². The molecular formula is C22H29ClN2O3S. The third-order valence-corrected chi connectivity index (χ3v) is 9.90. The third-order valence-electron chi connectivity index (χ3n) is 7.67. The predicted octanol–water partition coefficient (Wildman–Crippen LogP) is 4.07. The molecule has 6 rings (SSSR count). The Kier molecular flexibility index (Phi) is 4.95. The van der Waals surface area contributed by atoms with E-state index in [4.69, 9.17) is 11.6 Å². The number of benzene rings is 1. The van der Waals surface area contributed by atoms with Gasteiger partial charge in [-0.25, -0.2) is 8.42 Å². The fraction of sp³-hybridized carbons (Fsp3) is 0.682. The van der Waals surface area contributed by atoms with Crippen LogP contribution in [-0.2, 0) is 10.0 Å². The normalized spacial score (nSPS) is 33.9. The van der Waals surface area contributed by atoms with Crippen molar-refractivity contribution in [3.63, 3.8) is 0 Å². The van der Waals surface area contributed by atoms with Crippen LogP contribution >= 0.6 is 11.6 Å². The molecule has 1 saturated heterocycles. The zero-order chi connectivity index (χ0) is 20.2. The summed E-state index contributed by atoms with van der Waals surface area (Å²) in [6.07, 6.45) is 9.53. The zero-order valence-corrected chi connectivity index (χ0v) is 18.3. The molecule has 5 nitrogen and oxygen atoms in total. The lowest BCUT2D eigenvalue weighted by atomic mass is 9.49. The number of amides is 1. The van der Waals surface area contributed by atoms with E-state index in [1.54, 1.807) is 0 Å². The van der Waals surface area contributed by atoms with Crippen molar-refractivity contribution in [2.24, 2.45) is 23.2 Å². The fourth-order valence-corrected chi connectivity index (χ4v) is 8.53. The molecule has 4 saturated carbocycles. The SMILES string of the molecule is O=C(NCC12CC3CC(CC(C3)C1)C2)c1cc(S(=O)(=O)N2CCCC2)ccc1Cl. The molecule has 4 bridgehead atoms. The van der Waals surface area contributed by atoms with Crippen molar-refractivity contribution in [2.75, 3.05) is 19.6 Å². The average molecular weight is 437 g/mol. The van der Waals surface area contributed by atoms with Crippen molar-refractivity contribution in [1.29, 1.82) is 0 Å². The van der Waals surface area contributed by atoms with Crippen LogP contribution in [0.15, 0.2) is 23.1 Å². The molecule has 0 atom stereocenters. The molecule has 1 aromatic rings. The smallest absolute Gasteiger partial charge is 0.252 e. The van der Waals surface area contributed by atoms with E-state index < -0.39 is 10.0 Å². The van der Waals surface area contributed by atoms with Gasteiger partial charge in [0.2, 0.25) is 10.0 Å². The largest absolute Gasteiger partial charge is 0.351 e. The van der Waals surface area contributed by atoms with Crippen LogP contribution in [0.2, 0.25) is 5.02 Å². The highest BCUT2D eigenvalue weighted by Gasteiger charge is 2.50. The van der Waals surface area contributed by atoms with E-state index >= 15 is 0 Å². The Balaban J connectivity index is 1.32. The van der Waals surface area contributed by atoms with E-state index in [2.05, 4.69) is 5.32 Å². The first-order chi connectivity index (χ1) is 13.8. The van der Waals surface area contributed by atoms with Gasteiger partial charge in [0, 0.05) is 19.6 Å². The molecule has 158 valence electrons. The summed E-state index contributed by atoms with van der Waals surface area (Å²) < 4.78 is 27.2. The minimum absolute atomic E-state index is 0.156. The number of hydrogen-bond donors (Lipinski definition) is 1. The Hall–Kier alpha value is -1.11. The van der Waals surface area contributed by atoms with Gasteiger partial charge in [-0.2, -0.15) is 4.31 Å². The second-order valence-electron chi connectivity index (χ2n) is 9.85. The molecule has 1 heterocycles. The van der Waals surface area contributed by atoms with Gasteiger partial charge in [0.25, 0.3) is 5.91 Å². The van der Waals surface area contributed by atoms with Gasteiger partial charge >= 0.3 is 0 Å². The summed E-state index contributed by atoms with van der Waals surface area (Å²) in [4.78, 5) is 13.1. The first-order valence-electron chi connectivity index (χ1n) is 10.9. The number of halogens is 1. The molecule has 0 radical (unpaired) electrons. The first kappa shape index (κ1) is 19.8. The monoisotopic (exact) mass is 436 g/mol. The van der Waals surface area contributed by atoms with Crippen molar-refractivity contribution in [2.45, 2.75) is 56.3 Å². The standard InChI is InChI=1S/C22H29ClN2O3S/c23-20-4-3-18(29(27,28)25-5-1-2-6-25)10-19(20)21(26)24-14-22-11-15-7-16(12-22)9-17(8-15)13-22/h3-4,10,15-17H,1-2,5-9,11-14H2,(H,24,26). The third kappa shape index (κ3) is 3.61. The summed E-state index contributed by atoms with van der Waals surface area (Å²) in [6, 6.07) is 4.49. The van der Waals surface area contributed by atoms with Crippen LogP contribution in [0.1, 0.15) is 61.7 Å². The summed E-state index contributed by atoms with van der Waals surface area (Å²) in [5, 5.41) is 3.41. The van der Waals surface area contributed by atoms with E-state index in [0.29, 0.717) is 24.7 Å². The van der Waals surface area contributed by atoms with Crippen LogP contribution in [0.5, 0.6) is 0 Å². The summed E-state index contributed by atoms with van der Waals surface area (Å²) in [5.74, 6) is 2.23. The second kappa shape index (κ2) is 7.24. The molecule has 1 aliphatic heterocycles. The molecule has 5 aliphatic rings. The van der Waals surface area contributed by atoms with Gasteiger partial charge in [-0.15, -0.1) is 0 Å². The van der Waals surface area contributed by atoms with Gasteiger partial charge in [-0.3, -0.25) is 4.79 Å². The molecule has 1 amide bonds. The van der Waals surface area contributed by atoms with Crippen molar-refractivity contribution in [3.8, 4) is 0 Å². The molecule has 0 unspecified atom stereocenters. The van der Waals surface area contributed by atoms with Crippen LogP contribution in [0.25, 0.3) is 0 Å². The van der Waals surface area contributed by atoms with Crippen LogP contribution in [0.4, 0.5) is 0 Å². The number of nitrogens with one attached hydrogen (secondary N) is 1. The maximum Gasteiger partial charge on any atom is 0.252 e. The fourth-order valence-electron chi connectivity index (χ4n) is 6.79. The molecule has 1 aromatic carbocycles. The predicted molar refractivity (Wildman–Crippen MR) is 112 cm³/mol. The second-order valence-corrected chi connectivity index (χ2v) is 12.2. The van der Waals surface area contributed by atoms with E-state index in [9.17, 15) is 13.2 Å². The van der Waals surface area contributed by atoms with E-state index in [0.717, 1.165) is 30.6 Å². The van der Waals surface area contributed by atoms with Gasteiger partial charge < -0.3 is 5.32 Å². The Morgan fingerprint density at radius 2 is 1.66 bits per heavy atom. The van der Waals surface area contributed by atoms with Crippen LogP contribution in [0.3, 0.4) is 0 Å². The maximum atomic E-state index is 13.0. The number of carbonyl (C=O) groups is 1. The lowest BCUT2D eigenvalue weighted by Gasteiger charge is -2.56. The molecule has 4 aliphatic carbocycles. The van der Waals surface area contributed by atoms with Crippen LogP contribution in [-0.4, -0.2) is 38.3 Å². The summed E-state index contributed by atoms with van der Waals surface area (Å²) in [5.41, 5.74) is 0.493. The van der Waals surface area contributed by atoms with Gasteiger partial charge in [0.15, 0.2) is 0 Å². The average Bonchev–Trinajstić information content (AvgIpc) is 3.21. The molecule has 7 heteroatoms. The highest BCUT2D eigenvalue weighted by atomic mass is 35.5. The molecular weight excluding hydrogens is 408 g/mol. The minimum Gasteiger partial charge on any atom is -0.351 e. The van der Waals surface area contributed by atoms with Gasteiger partial charge in [-0.05, 0) is 92.7 Å². The van der Waals surface area contributed by atoms with Gasteiger partial charge in [0.05, 0.1) is 15.5 Å². The van der Waals surface area contributed by atoms with Crippen molar-refractivity contribution >= 4 is 27.5 Å². The molecule has 1 N–H and O–H groups in total. The highest BCUT2D eigenvalue weighted by Crippen LogP contribution is 2.59. The minimum atomic E-state index is -3.57. The van der Waals surface area contributed by atoms with Crippen LogP contribution < -0.4 is 5.32 Å². The Bertz CT molecular complexity index is 889. The molecule has 29 heavy (non-hydrogen) atoms. The topological polar surface area (TPSA) is 66.5 Å². The lowest BCUT2D eigenvalue weighted by Crippen LogP contribution is -2.51. The van der Waals surface area contributed by atoms with Gasteiger partial charge in [-0.1, -0.05) is 11.6 Å². The summed E-state index contributed by atoms with van der Waals surface area (Å²) >= 11 is 6.29. The number of hydrogen-bond acceptors (Lipinski definition) is 3. The number of nitrogens with zero attached hydrogens (tertiary/aromatic N) is 1. The van der Waals surface area contributed by atoms with E-state index in [-0.39, 0.29) is 21.8 Å². The van der Waals surface area contributed by atoms with Crippen molar-refractivity contribution in [1.82, 2.24) is 9.62 Å².